The molecule has 128 valence electrons. The highest BCUT2D eigenvalue weighted by Crippen LogP contribution is 2.26. The zero-order chi connectivity index (χ0) is 18.6. The molecule has 0 saturated carbocycles. The number of nitrogens with zero attached hydrogens (tertiary/aromatic N) is 3. The van der Waals surface area contributed by atoms with E-state index in [4.69, 9.17) is 10.2 Å². The fourth-order valence-corrected chi connectivity index (χ4v) is 3.03. The Balaban J connectivity index is 1.70. The second-order valence-electron chi connectivity index (χ2n) is 6.35. The van der Waals surface area contributed by atoms with Crippen LogP contribution in [0.4, 0.5) is 0 Å². The van der Waals surface area contributed by atoms with Crippen LogP contribution in [-0.4, -0.2) is 9.97 Å². The van der Waals surface area contributed by atoms with E-state index < -0.39 is 0 Å². The Morgan fingerprint density at radius 3 is 2.11 bits per heavy atom. The molecule has 1 aromatic heterocycles. The Kier molecular flexibility index (Phi) is 4.47. The second-order valence-corrected chi connectivity index (χ2v) is 6.35. The third kappa shape index (κ3) is 3.61. The number of nitriles is 1. The van der Waals surface area contributed by atoms with E-state index in [1.165, 1.54) is 0 Å². The van der Waals surface area contributed by atoms with E-state index in [-0.39, 0.29) is 0 Å². The van der Waals surface area contributed by atoms with Gasteiger partial charge in [-0.25, -0.2) is 9.97 Å². The van der Waals surface area contributed by atoms with Crippen LogP contribution in [0.5, 0.6) is 0 Å². The summed E-state index contributed by atoms with van der Waals surface area (Å²) in [5, 5.41) is 9.08. The van der Waals surface area contributed by atoms with Crippen molar-refractivity contribution in [2.75, 3.05) is 0 Å². The van der Waals surface area contributed by atoms with Gasteiger partial charge in [0.15, 0.2) is 5.82 Å². The highest BCUT2D eigenvalue weighted by molar-refractivity contribution is 5.70. The van der Waals surface area contributed by atoms with E-state index in [0.717, 1.165) is 33.6 Å². The largest absolute Gasteiger partial charge is 0.233 e. The van der Waals surface area contributed by atoms with Crippen molar-refractivity contribution in [3.05, 3.63) is 96.2 Å². The molecule has 0 saturated heterocycles. The molecule has 27 heavy (non-hydrogen) atoms. The van der Waals surface area contributed by atoms with Crippen LogP contribution in [0.25, 0.3) is 33.8 Å². The summed E-state index contributed by atoms with van der Waals surface area (Å²) in [6.45, 7) is 1.99. The van der Waals surface area contributed by atoms with Crippen molar-refractivity contribution in [2.45, 2.75) is 6.92 Å². The third-order valence-corrected chi connectivity index (χ3v) is 4.39. The van der Waals surface area contributed by atoms with Crippen molar-refractivity contribution >= 4 is 0 Å². The topological polar surface area (TPSA) is 49.6 Å². The first-order chi connectivity index (χ1) is 13.2. The van der Waals surface area contributed by atoms with Gasteiger partial charge in [-0.15, -0.1) is 0 Å². The minimum atomic E-state index is 0.658. The van der Waals surface area contributed by atoms with Gasteiger partial charge in [0.1, 0.15) is 0 Å². The average molecular weight is 347 g/mol. The van der Waals surface area contributed by atoms with Gasteiger partial charge in [-0.3, -0.25) is 0 Å². The zero-order valence-electron chi connectivity index (χ0n) is 14.9. The molecule has 4 aromatic rings. The molecule has 3 nitrogen and oxygen atoms in total. The molecule has 0 unspecified atom stereocenters. The Labute approximate surface area is 158 Å². The van der Waals surface area contributed by atoms with Crippen LogP contribution in [0, 0.1) is 18.3 Å². The summed E-state index contributed by atoms with van der Waals surface area (Å²) < 4.78 is 0. The number of benzene rings is 3. The highest BCUT2D eigenvalue weighted by Gasteiger charge is 2.07. The fraction of sp³-hybridized carbons (Fsp3) is 0.0417. The summed E-state index contributed by atoms with van der Waals surface area (Å²) in [7, 11) is 0. The third-order valence-electron chi connectivity index (χ3n) is 4.39. The Hall–Kier alpha value is -3.77. The fourth-order valence-electron chi connectivity index (χ4n) is 3.03. The molecule has 3 heteroatoms. The van der Waals surface area contributed by atoms with Crippen molar-refractivity contribution in [3.63, 3.8) is 0 Å². The maximum absolute atomic E-state index is 9.08. The summed E-state index contributed by atoms with van der Waals surface area (Å²) in [5.74, 6) is 0.714. The number of rotatable bonds is 3. The van der Waals surface area contributed by atoms with Gasteiger partial charge >= 0.3 is 0 Å². The minimum absolute atomic E-state index is 0.658. The first kappa shape index (κ1) is 16.7. The van der Waals surface area contributed by atoms with E-state index in [9.17, 15) is 0 Å². The maximum atomic E-state index is 9.08. The van der Waals surface area contributed by atoms with Crippen molar-refractivity contribution in [1.29, 1.82) is 5.26 Å². The monoisotopic (exact) mass is 347 g/mol. The second kappa shape index (κ2) is 7.23. The van der Waals surface area contributed by atoms with E-state index in [2.05, 4.69) is 23.2 Å². The lowest BCUT2D eigenvalue weighted by Crippen LogP contribution is -1.95. The Morgan fingerprint density at radius 1 is 0.667 bits per heavy atom. The van der Waals surface area contributed by atoms with Crippen LogP contribution in [0.2, 0.25) is 0 Å². The Bertz CT molecular complexity index is 1120. The predicted molar refractivity (Wildman–Crippen MR) is 108 cm³/mol. The average Bonchev–Trinajstić information content (AvgIpc) is 2.74. The normalized spacial score (nSPS) is 10.4. The van der Waals surface area contributed by atoms with Gasteiger partial charge in [0.2, 0.25) is 0 Å². The summed E-state index contributed by atoms with van der Waals surface area (Å²) in [6.07, 6.45) is 0. The maximum Gasteiger partial charge on any atom is 0.160 e. The van der Waals surface area contributed by atoms with Crippen molar-refractivity contribution in [3.8, 4) is 39.8 Å². The SMILES string of the molecule is Cc1cc(-c2ccccc2)nc(-c2ccc(-c3cccc(C#N)c3)cc2)n1. The van der Waals surface area contributed by atoms with E-state index in [0.29, 0.717) is 11.4 Å². The highest BCUT2D eigenvalue weighted by atomic mass is 14.9. The smallest absolute Gasteiger partial charge is 0.160 e. The van der Waals surface area contributed by atoms with Gasteiger partial charge in [-0.1, -0.05) is 66.7 Å². The van der Waals surface area contributed by atoms with Gasteiger partial charge in [0.05, 0.1) is 17.3 Å². The molecule has 0 fully saturated rings. The quantitative estimate of drug-likeness (QED) is 0.480. The summed E-state index contributed by atoms with van der Waals surface area (Å²) in [6, 6.07) is 30.1. The number of hydrogen-bond acceptors (Lipinski definition) is 3. The van der Waals surface area contributed by atoms with Crippen LogP contribution in [0.1, 0.15) is 11.3 Å². The van der Waals surface area contributed by atoms with Crippen LogP contribution in [-0.2, 0) is 0 Å². The molecule has 0 aliphatic carbocycles. The number of aryl methyl sites for hydroxylation is 1. The van der Waals surface area contributed by atoms with Gasteiger partial charge in [0.25, 0.3) is 0 Å². The molecule has 0 radical (unpaired) electrons. The molecule has 0 bridgehead atoms. The lowest BCUT2D eigenvalue weighted by atomic mass is 10.0. The lowest BCUT2D eigenvalue weighted by Gasteiger charge is -2.08. The summed E-state index contributed by atoms with van der Waals surface area (Å²) >= 11 is 0. The van der Waals surface area contributed by atoms with Gasteiger partial charge in [-0.2, -0.15) is 5.26 Å². The minimum Gasteiger partial charge on any atom is -0.233 e. The molecule has 0 N–H and O–H groups in total. The summed E-state index contributed by atoms with van der Waals surface area (Å²) in [5.41, 5.74) is 6.65. The Morgan fingerprint density at radius 2 is 1.37 bits per heavy atom. The molecule has 0 spiro atoms. The van der Waals surface area contributed by atoms with Gasteiger partial charge in [0, 0.05) is 16.8 Å². The molecular formula is C24H17N3. The lowest BCUT2D eigenvalue weighted by molar-refractivity contribution is 1.12. The van der Waals surface area contributed by atoms with Crippen LogP contribution in [0.15, 0.2) is 84.9 Å². The molecule has 0 amide bonds. The molecule has 0 atom stereocenters. The standard InChI is InChI=1S/C24H17N3/c1-17-14-23(20-7-3-2-4-8-20)27-24(26-17)21-12-10-19(11-13-21)22-9-5-6-18(15-22)16-25/h2-15H,1H3. The molecule has 0 aliphatic rings. The zero-order valence-corrected chi connectivity index (χ0v) is 14.9. The van der Waals surface area contributed by atoms with Crippen LogP contribution >= 0.6 is 0 Å². The van der Waals surface area contributed by atoms with Gasteiger partial charge < -0.3 is 0 Å². The first-order valence-electron chi connectivity index (χ1n) is 8.75. The van der Waals surface area contributed by atoms with Crippen molar-refractivity contribution in [1.82, 2.24) is 9.97 Å². The predicted octanol–water partition coefficient (Wildman–Crippen LogP) is 5.66. The van der Waals surface area contributed by atoms with E-state index in [1.54, 1.807) is 0 Å². The van der Waals surface area contributed by atoms with E-state index >= 15 is 0 Å². The van der Waals surface area contributed by atoms with Crippen LogP contribution in [0.3, 0.4) is 0 Å². The van der Waals surface area contributed by atoms with Crippen molar-refractivity contribution < 1.29 is 0 Å². The van der Waals surface area contributed by atoms with Crippen molar-refractivity contribution in [2.24, 2.45) is 0 Å². The molecule has 4 rings (SSSR count). The summed E-state index contributed by atoms with van der Waals surface area (Å²) in [4.78, 5) is 9.35. The molecule has 0 aliphatic heterocycles. The molecule has 3 aromatic carbocycles. The van der Waals surface area contributed by atoms with Crippen LogP contribution < -0.4 is 0 Å². The molecule has 1 heterocycles. The van der Waals surface area contributed by atoms with E-state index in [1.807, 2.05) is 79.7 Å². The molecular weight excluding hydrogens is 330 g/mol. The number of hydrogen-bond donors (Lipinski definition) is 0. The van der Waals surface area contributed by atoms with Gasteiger partial charge in [-0.05, 0) is 36.2 Å². The number of aromatic nitrogens is 2. The first-order valence-corrected chi connectivity index (χ1v) is 8.75.